The molecule has 26 heavy (non-hydrogen) atoms. The van der Waals surface area contributed by atoms with Gasteiger partial charge in [0.25, 0.3) is 0 Å². The molecule has 140 valence electrons. The number of hydrogen-bond donors (Lipinski definition) is 4. The molecule has 5 N–H and O–H groups in total. The Morgan fingerprint density at radius 1 is 1.35 bits per heavy atom. The first-order valence-electron chi connectivity index (χ1n) is 7.70. The highest BCUT2D eigenvalue weighted by Crippen LogP contribution is 2.42. The van der Waals surface area contributed by atoms with Gasteiger partial charge in [-0.05, 0) is 12.1 Å². The van der Waals surface area contributed by atoms with Crippen LogP contribution in [0, 0.1) is 0 Å². The van der Waals surface area contributed by atoms with Crippen molar-refractivity contribution in [2.45, 2.75) is 24.5 Å². The summed E-state index contributed by atoms with van der Waals surface area (Å²) in [5.41, 5.74) is 5.64. The quantitative estimate of drug-likeness (QED) is 0.478. The van der Waals surface area contributed by atoms with Crippen molar-refractivity contribution in [1.82, 2.24) is 14.8 Å². The summed E-state index contributed by atoms with van der Waals surface area (Å²) in [6.07, 6.45) is -3.48. The highest BCUT2D eigenvalue weighted by molar-refractivity contribution is 7.61. The van der Waals surface area contributed by atoms with Gasteiger partial charge in [0.15, 0.2) is 12.1 Å². The molecule has 0 aliphatic carbocycles. The molecule has 1 fully saturated rings. The number of rotatable bonds is 6. The number of hydrogen-bond acceptors (Lipinski definition) is 8. The molecule has 0 bridgehead atoms. The second-order valence-electron chi connectivity index (χ2n) is 5.77. The second kappa shape index (κ2) is 7.28. The maximum Gasteiger partial charge on any atom is 0.358 e. The van der Waals surface area contributed by atoms with Crippen molar-refractivity contribution in [1.29, 1.82) is 0 Å². The molecule has 10 nitrogen and oxygen atoms in total. The maximum absolute atomic E-state index is 12.3. The Bertz CT molecular complexity index is 829. The fourth-order valence-corrected chi connectivity index (χ4v) is 3.54. The molecule has 2 heterocycles. The largest absolute Gasteiger partial charge is 0.396 e. The molecule has 2 aromatic rings. The molecule has 1 aromatic carbocycles. The van der Waals surface area contributed by atoms with Crippen molar-refractivity contribution in [2.75, 3.05) is 6.61 Å². The van der Waals surface area contributed by atoms with Crippen LogP contribution in [0.4, 0.5) is 0 Å². The van der Waals surface area contributed by atoms with Crippen LogP contribution >= 0.6 is 7.60 Å². The van der Waals surface area contributed by atoms with Gasteiger partial charge in [0.2, 0.25) is 0 Å². The summed E-state index contributed by atoms with van der Waals surface area (Å²) in [5, 5.41) is 24.4. The molecule has 3 rings (SSSR count). The lowest BCUT2D eigenvalue weighted by atomic mass is 10.1. The van der Waals surface area contributed by atoms with Crippen LogP contribution in [-0.4, -0.2) is 54.8 Å². The van der Waals surface area contributed by atoms with E-state index >= 15 is 0 Å². The van der Waals surface area contributed by atoms with Gasteiger partial charge in [-0.1, -0.05) is 24.8 Å². The number of ether oxygens (including phenoxy) is 1. The Morgan fingerprint density at radius 3 is 2.65 bits per heavy atom. The van der Waals surface area contributed by atoms with Gasteiger partial charge in [0.05, 0.1) is 17.6 Å². The van der Waals surface area contributed by atoms with E-state index in [4.69, 9.17) is 15.0 Å². The van der Waals surface area contributed by atoms with Crippen LogP contribution in [0.1, 0.15) is 12.1 Å². The fourth-order valence-electron chi connectivity index (χ4n) is 2.50. The van der Waals surface area contributed by atoms with Crippen molar-refractivity contribution in [2.24, 2.45) is 5.73 Å². The molecule has 1 aliphatic rings. The predicted octanol–water partition coefficient (Wildman–Crippen LogP) is -0.646. The molecule has 1 aromatic heterocycles. The molecular weight excluding hydrogens is 363 g/mol. The van der Waals surface area contributed by atoms with Gasteiger partial charge in [-0.3, -0.25) is 4.57 Å². The molecule has 5 atom stereocenters. The van der Waals surface area contributed by atoms with Crippen molar-refractivity contribution in [3.05, 3.63) is 49.1 Å². The summed E-state index contributed by atoms with van der Waals surface area (Å²) < 4.78 is 24.1. The van der Waals surface area contributed by atoms with E-state index in [1.165, 1.54) is 23.1 Å². The average Bonchev–Trinajstić information content (AvgIpc) is 3.21. The fraction of sp³-hybridized carbons (Fsp3) is 0.333. The van der Waals surface area contributed by atoms with E-state index in [0.717, 1.165) is 0 Å². The predicted molar refractivity (Wildman–Crippen MR) is 91.0 cm³/mol. The number of nitrogens with two attached hydrogens (primary N) is 1. The van der Waals surface area contributed by atoms with Crippen LogP contribution in [0.2, 0.25) is 0 Å². The van der Waals surface area contributed by atoms with Gasteiger partial charge in [-0.25, -0.2) is 9.67 Å². The zero-order valence-electron chi connectivity index (χ0n) is 13.6. The number of nitrogens with zero attached hydrogens (tertiary/aromatic N) is 3. The molecule has 1 saturated heterocycles. The van der Waals surface area contributed by atoms with Crippen LogP contribution in [0.15, 0.2) is 43.2 Å². The molecule has 0 radical (unpaired) electrons. The Balaban J connectivity index is 1.68. The summed E-state index contributed by atoms with van der Waals surface area (Å²) >= 11 is 0. The van der Waals surface area contributed by atoms with Gasteiger partial charge in [-0.15, -0.1) is 5.10 Å². The Labute approximate surface area is 149 Å². The smallest absolute Gasteiger partial charge is 0.358 e. The van der Waals surface area contributed by atoms with Crippen LogP contribution in [-0.2, 0) is 13.8 Å². The van der Waals surface area contributed by atoms with E-state index in [2.05, 4.69) is 16.7 Å². The molecule has 11 heteroatoms. The van der Waals surface area contributed by atoms with Crippen LogP contribution in [0.3, 0.4) is 0 Å². The molecule has 0 amide bonds. The van der Waals surface area contributed by atoms with Gasteiger partial charge < -0.3 is 30.1 Å². The van der Waals surface area contributed by atoms with E-state index in [9.17, 15) is 19.7 Å². The second-order valence-corrected chi connectivity index (χ2v) is 7.59. The Hall–Kier alpha value is -2.07. The lowest BCUT2D eigenvalue weighted by molar-refractivity contribution is -0.0561. The van der Waals surface area contributed by atoms with E-state index in [-0.39, 0.29) is 16.8 Å². The van der Waals surface area contributed by atoms with Crippen LogP contribution in [0.5, 0.6) is 0 Å². The number of aliphatic hydroxyl groups is 2. The first-order chi connectivity index (χ1) is 12.3. The van der Waals surface area contributed by atoms with Gasteiger partial charge >= 0.3 is 7.60 Å². The highest BCUT2D eigenvalue weighted by atomic mass is 31.2. The number of benzene rings is 1. The maximum atomic E-state index is 12.3. The van der Waals surface area contributed by atoms with Gasteiger partial charge in [0.1, 0.15) is 24.6 Å². The van der Waals surface area contributed by atoms with Crippen molar-refractivity contribution < 1.29 is 28.9 Å². The highest BCUT2D eigenvalue weighted by Gasteiger charge is 2.45. The molecular formula is C15H19N4O6P. The van der Waals surface area contributed by atoms with Crippen LogP contribution in [0.25, 0.3) is 5.70 Å². The summed E-state index contributed by atoms with van der Waals surface area (Å²) in [6, 6.07) is 7.84. The lowest BCUT2D eigenvalue weighted by Gasteiger charge is -2.17. The van der Waals surface area contributed by atoms with E-state index < -0.39 is 38.7 Å². The summed E-state index contributed by atoms with van der Waals surface area (Å²) in [7, 11) is -4.08. The molecule has 1 aliphatic heterocycles. The SMILES string of the molecule is C=C(N)c1ncn([C@@H]2O[C@H](COP(=O)(O)c3ccccc3)[C@@H](O)[C@H]2O)n1. The standard InChI is InChI=1S/C15H19N4O6P/c1-9(16)14-17-8-19(18-14)15-13(21)12(20)11(25-15)7-24-26(22,23)10-5-3-2-4-6-10/h2-6,8,11-13,15,20-21H,1,7,16H2,(H,22,23)/t11-,12-,13-,15-/m1/s1. The first-order valence-corrected chi connectivity index (χ1v) is 9.28. The van der Waals surface area contributed by atoms with Gasteiger partial charge in [-0.2, -0.15) is 0 Å². The number of aromatic nitrogens is 3. The van der Waals surface area contributed by atoms with E-state index in [0.29, 0.717) is 0 Å². The van der Waals surface area contributed by atoms with Gasteiger partial charge in [0, 0.05) is 0 Å². The minimum Gasteiger partial charge on any atom is -0.396 e. The van der Waals surface area contributed by atoms with Crippen molar-refractivity contribution >= 4 is 18.6 Å². The van der Waals surface area contributed by atoms with Crippen molar-refractivity contribution in [3.63, 3.8) is 0 Å². The van der Waals surface area contributed by atoms with Crippen molar-refractivity contribution in [3.8, 4) is 0 Å². The van der Waals surface area contributed by atoms with Crippen LogP contribution < -0.4 is 11.0 Å². The molecule has 1 unspecified atom stereocenters. The lowest BCUT2D eigenvalue weighted by Crippen LogP contribution is -2.34. The summed E-state index contributed by atoms with van der Waals surface area (Å²) in [4.78, 5) is 13.9. The summed E-state index contributed by atoms with van der Waals surface area (Å²) in [5.74, 6) is 0.166. The Kier molecular flexibility index (Phi) is 5.24. The monoisotopic (exact) mass is 382 g/mol. The third kappa shape index (κ3) is 3.70. The zero-order valence-corrected chi connectivity index (χ0v) is 14.5. The van der Waals surface area contributed by atoms with E-state index in [1.54, 1.807) is 18.2 Å². The third-order valence-corrected chi connectivity index (χ3v) is 5.34. The average molecular weight is 382 g/mol. The minimum atomic E-state index is -4.08. The third-order valence-electron chi connectivity index (χ3n) is 3.89. The molecule has 0 spiro atoms. The Morgan fingerprint density at radius 2 is 2.04 bits per heavy atom. The van der Waals surface area contributed by atoms with E-state index in [1.807, 2.05) is 0 Å². The first kappa shape index (κ1) is 18.7. The number of aliphatic hydroxyl groups excluding tert-OH is 2. The normalized spacial score (nSPS) is 28.0. The minimum absolute atomic E-state index is 0.118. The summed E-state index contributed by atoms with van der Waals surface area (Å²) in [6.45, 7) is 3.11. The zero-order chi connectivity index (χ0) is 18.9. The molecule has 0 saturated carbocycles. The topological polar surface area (TPSA) is 153 Å².